The van der Waals surface area contributed by atoms with E-state index in [1.165, 1.54) is 17.3 Å². The summed E-state index contributed by atoms with van der Waals surface area (Å²) in [5.41, 5.74) is 2.37. The van der Waals surface area contributed by atoms with Crippen LogP contribution in [0, 0.1) is 18.3 Å². The molecule has 3 heteroatoms. The van der Waals surface area contributed by atoms with Crippen molar-refractivity contribution >= 4 is 18.0 Å². The van der Waals surface area contributed by atoms with Gasteiger partial charge in [0, 0.05) is 15.4 Å². The molecule has 0 heterocycles. The number of carbonyl (C=O) groups excluding carboxylic acids is 1. The molecule has 0 aromatic heterocycles. The third kappa shape index (κ3) is 2.79. The van der Waals surface area contributed by atoms with Crippen molar-refractivity contribution in [1.29, 1.82) is 5.26 Å². The molecule has 0 aliphatic heterocycles. The van der Waals surface area contributed by atoms with Crippen molar-refractivity contribution in [3.63, 3.8) is 0 Å². The fourth-order valence-corrected chi connectivity index (χ4v) is 2.47. The molecule has 88 valence electrons. The summed E-state index contributed by atoms with van der Waals surface area (Å²) < 4.78 is 0. The Kier molecular flexibility index (Phi) is 3.81. The van der Waals surface area contributed by atoms with Crippen LogP contribution in [0.5, 0.6) is 0 Å². The van der Waals surface area contributed by atoms with Crippen molar-refractivity contribution in [3.05, 3.63) is 59.2 Å². The van der Waals surface area contributed by atoms with Crippen LogP contribution in [0.2, 0.25) is 0 Å². The van der Waals surface area contributed by atoms with Gasteiger partial charge in [-0.2, -0.15) is 5.26 Å². The van der Waals surface area contributed by atoms with Gasteiger partial charge in [0.05, 0.1) is 11.6 Å². The molecule has 0 atom stereocenters. The van der Waals surface area contributed by atoms with Crippen molar-refractivity contribution in [2.24, 2.45) is 0 Å². The van der Waals surface area contributed by atoms with Gasteiger partial charge in [-0.3, -0.25) is 4.79 Å². The van der Waals surface area contributed by atoms with Crippen molar-refractivity contribution in [2.75, 3.05) is 0 Å². The zero-order valence-corrected chi connectivity index (χ0v) is 10.7. The molecule has 2 aromatic rings. The summed E-state index contributed by atoms with van der Waals surface area (Å²) in [7, 11) is 0. The minimum absolute atomic E-state index is 0.565. The largest absolute Gasteiger partial charge is 0.298 e. The van der Waals surface area contributed by atoms with Crippen LogP contribution in [-0.4, -0.2) is 6.29 Å². The van der Waals surface area contributed by atoms with E-state index >= 15 is 0 Å². The van der Waals surface area contributed by atoms with E-state index in [0.717, 1.165) is 16.1 Å². The van der Waals surface area contributed by atoms with E-state index in [0.29, 0.717) is 11.1 Å². The second-order valence-corrected chi connectivity index (χ2v) is 5.01. The van der Waals surface area contributed by atoms with Crippen LogP contribution in [0.15, 0.2) is 52.3 Å². The van der Waals surface area contributed by atoms with Gasteiger partial charge in [0.1, 0.15) is 0 Å². The lowest BCUT2D eigenvalue weighted by atomic mass is 10.2. The molecule has 0 N–H and O–H groups in total. The molecule has 2 rings (SSSR count). The first-order valence-electron chi connectivity index (χ1n) is 5.47. The highest BCUT2D eigenvalue weighted by Gasteiger charge is 2.05. The normalized spacial score (nSPS) is 9.78. The van der Waals surface area contributed by atoms with Gasteiger partial charge < -0.3 is 0 Å². The number of nitrogens with zero attached hydrogens (tertiary/aromatic N) is 1. The lowest BCUT2D eigenvalue weighted by Crippen LogP contribution is -1.87. The molecule has 0 fully saturated rings. The van der Waals surface area contributed by atoms with Gasteiger partial charge in [-0.05, 0) is 37.3 Å². The molecule has 0 bridgehead atoms. The van der Waals surface area contributed by atoms with Gasteiger partial charge in [0.25, 0.3) is 0 Å². The molecule has 2 nitrogen and oxygen atoms in total. The fraction of sp³-hybridized carbons (Fsp3) is 0.0667. The number of hydrogen-bond acceptors (Lipinski definition) is 3. The van der Waals surface area contributed by atoms with E-state index in [1.54, 1.807) is 18.2 Å². The average molecular weight is 253 g/mol. The van der Waals surface area contributed by atoms with E-state index in [-0.39, 0.29) is 0 Å². The SMILES string of the molecule is Cc1ccc(Sc2cc(C#N)ccc2C=O)cc1. The number of benzene rings is 2. The van der Waals surface area contributed by atoms with E-state index in [9.17, 15) is 4.79 Å². The Balaban J connectivity index is 2.35. The van der Waals surface area contributed by atoms with Gasteiger partial charge in [-0.15, -0.1) is 0 Å². The standard InChI is InChI=1S/C15H11NOS/c1-11-2-6-14(7-3-11)18-15-8-12(9-16)4-5-13(15)10-17/h2-8,10H,1H3. The quantitative estimate of drug-likeness (QED) is 0.780. The maximum Gasteiger partial charge on any atom is 0.151 e. The second-order valence-electron chi connectivity index (χ2n) is 3.90. The van der Waals surface area contributed by atoms with Crippen molar-refractivity contribution in [2.45, 2.75) is 16.7 Å². The molecule has 0 aliphatic rings. The molecular weight excluding hydrogens is 242 g/mol. The van der Waals surface area contributed by atoms with Gasteiger partial charge in [0.2, 0.25) is 0 Å². The summed E-state index contributed by atoms with van der Waals surface area (Å²) in [6, 6.07) is 15.2. The molecule has 2 aromatic carbocycles. The Labute approximate surface area is 110 Å². The van der Waals surface area contributed by atoms with Crippen LogP contribution in [0.25, 0.3) is 0 Å². The first-order chi connectivity index (χ1) is 8.72. The highest BCUT2D eigenvalue weighted by Crippen LogP contribution is 2.30. The molecule has 18 heavy (non-hydrogen) atoms. The number of aldehydes is 1. The average Bonchev–Trinajstić information content (AvgIpc) is 2.41. The molecule has 0 amide bonds. The first kappa shape index (κ1) is 12.4. The monoisotopic (exact) mass is 253 g/mol. The van der Waals surface area contributed by atoms with Crippen molar-refractivity contribution in [1.82, 2.24) is 0 Å². The summed E-state index contributed by atoms with van der Waals surface area (Å²) in [6.45, 7) is 2.03. The lowest BCUT2D eigenvalue weighted by molar-refractivity contribution is 0.112. The number of aryl methyl sites for hydroxylation is 1. The Bertz CT molecular complexity index is 611. The Morgan fingerprint density at radius 1 is 1.17 bits per heavy atom. The van der Waals surface area contributed by atoms with Crippen LogP contribution in [0.3, 0.4) is 0 Å². The van der Waals surface area contributed by atoms with E-state index in [1.807, 2.05) is 31.2 Å². The number of nitriles is 1. The molecular formula is C15H11NOS. The summed E-state index contributed by atoms with van der Waals surface area (Å²) in [5, 5.41) is 8.88. The van der Waals surface area contributed by atoms with Crippen LogP contribution >= 0.6 is 11.8 Å². The van der Waals surface area contributed by atoms with E-state index in [2.05, 4.69) is 6.07 Å². The summed E-state index contributed by atoms with van der Waals surface area (Å²) in [6.07, 6.45) is 0.817. The van der Waals surface area contributed by atoms with Gasteiger partial charge in [-0.25, -0.2) is 0 Å². The topological polar surface area (TPSA) is 40.9 Å². The van der Waals surface area contributed by atoms with Crippen LogP contribution in [-0.2, 0) is 0 Å². The first-order valence-corrected chi connectivity index (χ1v) is 6.28. The number of hydrogen-bond donors (Lipinski definition) is 0. The maximum atomic E-state index is 11.0. The van der Waals surface area contributed by atoms with Gasteiger partial charge >= 0.3 is 0 Å². The van der Waals surface area contributed by atoms with Crippen molar-refractivity contribution in [3.8, 4) is 6.07 Å². The zero-order valence-electron chi connectivity index (χ0n) is 9.88. The van der Waals surface area contributed by atoms with Crippen molar-refractivity contribution < 1.29 is 4.79 Å². The van der Waals surface area contributed by atoms with E-state index in [4.69, 9.17) is 5.26 Å². The predicted octanol–water partition coefficient (Wildman–Crippen LogP) is 3.83. The summed E-state index contributed by atoms with van der Waals surface area (Å²) >= 11 is 1.49. The van der Waals surface area contributed by atoms with Crippen LogP contribution in [0.1, 0.15) is 21.5 Å². The molecule has 0 radical (unpaired) electrons. The number of carbonyl (C=O) groups is 1. The van der Waals surface area contributed by atoms with Crippen LogP contribution in [0.4, 0.5) is 0 Å². The molecule has 0 saturated carbocycles. The van der Waals surface area contributed by atoms with Gasteiger partial charge in [-0.1, -0.05) is 29.5 Å². The Hall–Kier alpha value is -2.05. The highest BCUT2D eigenvalue weighted by atomic mass is 32.2. The van der Waals surface area contributed by atoms with Crippen LogP contribution < -0.4 is 0 Å². The molecule has 0 unspecified atom stereocenters. The third-order valence-corrected chi connectivity index (χ3v) is 3.60. The number of rotatable bonds is 3. The second kappa shape index (κ2) is 5.52. The van der Waals surface area contributed by atoms with Gasteiger partial charge in [0.15, 0.2) is 6.29 Å². The fourth-order valence-electron chi connectivity index (χ4n) is 1.52. The molecule has 0 aliphatic carbocycles. The predicted molar refractivity (Wildman–Crippen MR) is 71.8 cm³/mol. The van der Waals surface area contributed by atoms with E-state index < -0.39 is 0 Å². The highest BCUT2D eigenvalue weighted by molar-refractivity contribution is 7.99. The Morgan fingerprint density at radius 3 is 2.50 bits per heavy atom. The Morgan fingerprint density at radius 2 is 1.89 bits per heavy atom. The smallest absolute Gasteiger partial charge is 0.151 e. The summed E-state index contributed by atoms with van der Waals surface area (Å²) in [5.74, 6) is 0. The lowest BCUT2D eigenvalue weighted by Gasteiger charge is -2.05. The molecule has 0 spiro atoms. The third-order valence-electron chi connectivity index (χ3n) is 2.52. The zero-order chi connectivity index (χ0) is 13.0. The minimum atomic E-state index is 0.565. The molecule has 0 saturated heterocycles. The maximum absolute atomic E-state index is 11.0. The minimum Gasteiger partial charge on any atom is -0.298 e. The summed E-state index contributed by atoms with van der Waals surface area (Å²) in [4.78, 5) is 12.8.